The van der Waals surface area contributed by atoms with Gasteiger partial charge in [0.25, 0.3) is 5.69 Å². The van der Waals surface area contributed by atoms with Crippen LogP contribution in [0.4, 0.5) is 10.1 Å². The fourth-order valence-corrected chi connectivity index (χ4v) is 1.96. The summed E-state index contributed by atoms with van der Waals surface area (Å²) in [5, 5.41) is 10.5. The van der Waals surface area contributed by atoms with Crippen molar-refractivity contribution in [1.29, 1.82) is 0 Å². The summed E-state index contributed by atoms with van der Waals surface area (Å²) in [4.78, 5) is 13.9. The summed E-state index contributed by atoms with van der Waals surface area (Å²) in [6, 6.07) is 2.29. The molecule has 1 aromatic carbocycles. The molecular formula is C8H4FIN2O2. The van der Waals surface area contributed by atoms with Gasteiger partial charge in [0.1, 0.15) is 9.54 Å². The van der Waals surface area contributed by atoms with E-state index >= 15 is 0 Å². The fourth-order valence-electron chi connectivity index (χ4n) is 1.31. The molecule has 0 radical (unpaired) electrons. The van der Waals surface area contributed by atoms with E-state index < -0.39 is 10.7 Å². The zero-order valence-corrected chi connectivity index (χ0v) is 8.99. The predicted molar refractivity (Wildman–Crippen MR) is 57.3 cm³/mol. The number of nitro benzene ring substituents is 1. The summed E-state index contributed by atoms with van der Waals surface area (Å²) in [7, 11) is 0. The molecule has 14 heavy (non-hydrogen) atoms. The largest absolute Gasteiger partial charge is 0.273 e. The highest BCUT2D eigenvalue weighted by Crippen LogP contribution is 2.28. The van der Waals surface area contributed by atoms with E-state index in [0.717, 1.165) is 6.07 Å². The smallest absolute Gasteiger partial charge is 0.273 e. The van der Waals surface area contributed by atoms with Crippen LogP contribution in [0.25, 0.3) is 0 Å². The van der Waals surface area contributed by atoms with E-state index in [-0.39, 0.29) is 12.2 Å². The lowest BCUT2D eigenvalue weighted by Gasteiger charge is -2.00. The Morgan fingerprint density at radius 1 is 1.57 bits per heavy atom. The molecule has 1 aliphatic heterocycles. The third-order valence-electron chi connectivity index (χ3n) is 1.99. The highest BCUT2D eigenvalue weighted by Gasteiger charge is 2.22. The second-order valence-electron chi connectivity index (χ2n) is 2.82. The van der Waals surface area contributed by atoms with Crippen LogP contribution in [0.1, 0.15) is 11.1 Å². The summed E-state index contributed by atoms with van der Waals surface area (Å²) in [5.74, 6) is -0.551. The van der Waals surface area contributed by atoms with Gasteiger partial charge in [-0.1, -0.05) is 0 Å². The quantitative estimate of drug-likeness (QED) is 0.454. The first kappa shape index (κ1) is 9.50. The maximum absolute atomic E-state index is 13.3. The van der Waals surface area contributed by atoms with Crippen LogP contribution in [0.15, 0.2) is 17.1 Å². The van der Waals surface area contributed by atoms with Crippen molar-refractivity contribution in [3.63, 3.8) is 0 Å². The normalized spacial score (nSPS) is 13.7. The molecule has 0 N–H and O–H groups in total. The number of benzene rings is 1. The van der Waals surface area contributed by atoms with Crippen molar-refractivity contribution < 1.29 is 9.31 Å². The van der Waals surface area contributed by atoms with Crippen LogP contribution in [0.2, 0.25) is 0 Å². The molecule has 0 spiro atoms. The molecule has 1 aliphatic rings. The highest BCUT2D eigenvalue weighted by molar-refractivity contribution is 14.1. The Kier molecular flexibility index (Phi) is 2.22. The third-order valence-corrected chi connectivity index (χ3v) is 2.91. The Morgan fingerprint density at radius 3 is 2.93 bits per heavy atom. The lowest BCUT2D eigenvalue weighted by molar-refractivity contribution is -0.385. The summed E-state index contributed by atoms with van der Waals surface area (Å²) >= 11 is 1.94. The number of rotatable bonds is 1. The molecule has 0 atom stereocenters. The lowest BCUT2D eigenvalue weighted by atomic mass is 10.1. The number of hydrogen-bond donors (Lipinski definition) is 0. The van der Waals surface area contributed by atoms with E-state index in [2.05, 4.69) is 4.99 Å². The number of halogens is 2. The van der Waals surface area contributed by atoms with Crippen molar-refractivity contribution >= 4 is 32.0 Å². The monoisotopic (exact) mass is 306 g/mol. The van der Waals surface area contributed by atoms with Crippen LogP contribution >= 0.6 is 22.6 Å². The molecule has 0 aliphatic carbocycles. The summed E-state index contributed by atoms with van der Waals surface area (Å²) in [5.41, 5.74) is 0.754. The van der Waals surface area contributed by atoms with Gasteiger partial charge in [0.2, 0.25) is 0 Å². The number of hydrogen-bond acceptors (Lipinski definition) is 3. The minimum absolute atomic E-state index is 0.229. The molecule has 0 bridgehead atoms. The predicted octanol–water partition coefficient (Wildman–Crippen LogP) is 2.43. The van der Waals surface area contributed by atoms with E-state index in [4.69, 9.17) is 0 Å². The Bertz CT molecular complexity index is 459. The van der Waals surface area contributed by atoms with Crippen LogP contribution in [0.3, 0.4) is 0 Å². The van der Waals surface area contributed by atoms with Gasteiger partial charge in [-0.2, -0.15) is 0 Å². The first-order valence-electron chi connectivity index (χ1n) is 3.76. The summed E-state index contributed by atoms with van der Waals surface area (Å²) in [6.07, 6.45) is 0. The number of fused-ring (bicyclic) bond motifs is 1. The van der Waals surface area contributed by atoms with Gasteiger partial charge >= 0.3 is 0 Å². The molecule has 1 aromatic rings. The van der Waals surface area contributed by atoms with E-state index in [0.29, 0.717) is 14.8 Å². The lowest BCUT2D eigenvalue weighted by Crippen LogP contribution is -1.97. The van der Waals surface area contributed by atoms with Gasteiger partial charge < -0.3 is 0 Å². The van der Waals surface area contributed by atoms with Crippen LogP contribution in [0, 0.1) is 15.9 Å². The van der Waals surface area contributed by atoms with Gasteiger partial charge in [-0.25, -0.2) is 4.39 Å². The van der Waals surface area contributed by atoms with Gasteiger partial charge in [0.15, 0.2) is 0 Å². The van der Waals surface area contributed by atoms with Crippen LogP contribution in [0.5, 0.6) is 0 Å². The van der Waals surface area contributed by atoms with Crippen molar-refractivity contribution in [2.75, 3.05) is 0 Å². The van der Waals surface area contributed by atoms with E-state index in [1.807, 2.05) is 22.6 Å². The molecular weight excluding hydrogens is 302 g/mol. The summed E-state index contributed by atoms with van der Waals surface area (Å²) < 4.78 is 13.9. The Hall–Kier alpha value is -1.05. The first-order valence-corrected chi connectivity index (χ1v) is 4.84. The molecule has 0 saturated carbocycles. The molecule has 4 nitrogen and oxygen atoms in total. The minimum atomic E-state index is -0.606. The minimum Gasteiger partial charge on any atom is -0.273 e. The molecule has 0 aromatic heterocycles. The van der Waals surface area contributed by atoms with Crippen molar-refractivity contribution in [1.82, 2.24) is 0 Å². The molecule has 0 fully saturated rings. The Morgan fingerprint density at radius 2 is 2.29 bits per heavy atom. The maximum Gasteiger partial charge on any atom is 0.273 e. The fraction of sp³-hybridized carbons (Fsp3) is 0.125. The second-order valence-corrected chi connectivity index (χ2v) is 3.84. The number of non-ortho nitro benzene ring substituents is 1. The van der Waals surface area contributed by atoms with Crippen LogP contribution in [-0.2, 0) is 6.54 Å². The van der Waals surface area contributed by atoms with Gasteiger partial charge in [-0.15, -0.1) is 0 Å². The molecule has 6 heteroatoms. The van der Waals surface area contributed by atoms with Crippen molar-refractivity contribution in [3.05, 3.63) is 39.2 Å². The van der Waals surface area contributed by atoms with Crippen molar-refractivity contribution in [3.8, 4) is 0 Å². The number of aliphatic imine (C=N–C) groups is 1. The third kappa shape index (κ3) is 1.39. The van der Waals surface area contributed by atoms with Crippen molar-refractivity contribution in [2.45, 2.75) is 6.54 Å². The zero-order valence-electron chi connectivity index (χ0n) is 6.83. The van der Waals surface area contributed by atoms with Crippen LogP contribution < -0.4 is 0 Å². The Balaban J connectivity index is 2.63. The molecule has 1 heterocycles. The van der Waals surface area contributed by atoms with Gasteiger partial charge in [-0.05, 0) is 22.6 Å². The first-order chi connectivity index (χ1) is 6.59. The van der Waals surface area contributed by atoms with Gasteiger partial charge in [0.05, 0.1) is 17.5 Å². The van der Waals surface area contributed by atoms with Crippen LogP contribution in [-0.4, -0.2) is 8.64 Å². The topological polar surface area (TPSA) is 55.5 Å². The van der Waals surface area contributed by atoms with Gasteiger partial charge in [0, 0.05) is 17.2 Å². The van der Waals surface area contributed by atoms with Crippen molar-refractivity contribution in [2.24, 2.45) is 4.99 Å². The molecule has 0 saturated heterocycles. The zero-order chi connectivity index (χ0) is 10.3. The average molecular weight is 306 g/mol. The number of nitro groups is 1. The molecule has 0 unspecified atom stereocenters. The second kappa shape index (κ2) is 3.26. The molecule has 72 valence electrons. The van der Waals surface area contributed by atoms with E-state index in [1.165, 1.54) is 6.07 Å². The SMILES string of the molecule is O=[N+]([O-])c1cc(F)c2c(c1)C(I)=NC2. The Labute approximate surface area is 92.1 Å². The van der Waals surface area contributed by atoms with E-state index in [1.54, 1.807) is 0 Å². The highest BCUT2D eigenvalue weighted by atomic mass is 127. The average Bonchev–Trinajstić information content (AvgIpc) is 2.48. The maximum atomic E-state index is 13.3. The molecule has 0 amide bonds. The molecule has 2 rings (SSSR count). The number of nitrogens with zero attached hydrogens (tertiary/aromatic N) is 2. The van der Waals surface area contributed by atoms with E-state index in [9.17, 15) is 14.5 Å². The standard InChI is InChI=1S/C8H4FIN2O2/c9-7-2-4(12(13)14)1-5-6(7)3-11-8(5)10/h1-2H,3H2. The van der Waals surface area contributed by atoms with Gasteiger partial charge in [-0.3, -0.25) is 15.1 Å². The summed E-state index contributed by atoms with van der Waals surface area (Å²) in [6.45, 7) is 0.275.